The lowest BCUT2D eigenvalue weighted by atomic mass is 9.95. The van der Waals surface area contributed by atoms with Gasteiger partial charge in [-0.3, -0.25) is 14.9 Å². The molecule has 0 saturated heterocycles. The average Bonchev–Trinajstić information content (AvgIpc) is 3.76. The molecule has 42 heavy (non-hydrogen) atoms. The van der Waals surface area contributed by atoms with E-state index in [0.717, 1.165) is 18.4 Å². The summed E-state index contributed by atoms with van der Waals surface area (Å²) in [6, 6.07) is 1.81. The molecule has 230 valence electrons. The van der Waals surface area contributed by atoms with Crippen molar-refractivity contribution in [3.05, 3.63) is 35.0 Å². The van der Waals surface area contributed by atoms with Gasteiger partial charge in [0.15, 0.2) is 18.3 Å². The number of carbonyl (C=O) groups excluding carboxylic acids is 2. The first kappa shape index (κ1) is 32.8. The number of aromatic nitrogens is 2. The monoisotopic (exact) mass is 584 g/mol. The van der Waals surface area contributed by atoms with Gasteiger partial charge in [-0.05, 0) is 30.4 Å². The third kappa shape index (κ3) is 8.42. The molecule has 0 aliphatic heterocycles. The SMILES string of the molecule is COCOc1c(C=CC(O)C2CC2)c(Cc2cnc(NC(=O)C(C)(C)C)nc2NC(=O)C(C)(C)C)cc(OC)c1OC. The minimum atomic E-state index is -0.700. The largest absolute Gasteiger partial charge is 0.493 e. The van der Waals surface area contributed by atoms with Crippen LogP contribution >= 0.6 is 0 Å². The Labute approximate surface area is 248 Å². The maximum Gasteiger partial charge on any atom is 0.232 e. The molecular formula is C31H44N4O7. The van der Waals surface area contributed by atoms with Crippen molar-refractivity contribution in [2.75, 3.05) is 38.8 Å². The van der Waals surface area contributed by atoms with Crippen LogP contribution in [0.4, 0.5) is 11.8 Å². The van der Waals surface area contributed by atoms with Crippen molar-refractivity contribution in [1.82, 2.24) is 9.97 Å². The molecule has 1 atom stereocenters. The van der Waals surface area contributed by atoms with Crippen molar-refractivity contribution in [1.29, 1.82) is 0 Å². The molecule has 0 spiro atoms. The molecule has 0 radical (unpaired) electrons. The molecule has 3 N–H and O–H groups in total. The van der Waals surface area contributed by atoms with Gasteiger partial charge in [-0.1, -0.05) is 53.7 Å². The Kier molecular flexibility index (Phi) is 10.6. The zero-order valence-corrected chi connectivity index (χ0v) is 26.1. The second-order valence-electron chi connectivity index (χ2n) is 12.4. The van der Waals surface area contributed by atoms with Gasteiger partial charge in [-0.25, -0.2) is 4.98 Å². The van der Waals surface area contributed by atoms with Gasteiger partial charge in [0.05, 0.1) is 20.3 Å². The fraction of sp³-hybridized carbons (Fsp3) is 0.548. The van der Waals surface area contributed by atoms with E-state index in [4.69, 9.17) is 18.9 Å². The molecule has 1 fully saturated rings. The van der Waals surface area contributed by atoms with E-state index in [9.17, 15) is 14.7 Å². The molecule has 1 aromatic heterocycles. The number of hydrogen-bond acceptors (Lipinski definition) is 9. The van der Waals surface area contributed by atoms with Crippen LogP contribution in [-0.4, -0.2) is 61.1 Å². The number of benzene rings is 1. The molecule has 11 heteroatoms. The minimum absolute atomic E-state index is 0.0485. The molecule has 1 aromatic carbocycles. The van der Waals surface area contributed by atoms with E-state index < -0.39 is 16.9 Å². The van der Waals surface area contributed by atoms with Crippen LogP contribution in [0.2, 0.25) is 0 Å². The summed E-state index contributed by atoms with van der Waals surface area (Å²) >= 11 is 0. The lowest BCUT2D eigenvalue weighted by molar-refractivity contribution is -0.123. The molecular weight excluding hydrogens is 540 g/mol. The standard InChI is InChI=1S/C31H44N4O7/c1-30(2,3)27(37)33-26-20(16-32-29(34-26)35-28(38)31(4,5)6)14-19-15-23(40-8)25(41-9)24(42-17-39-7)21(19)12-13-22(36)18-10-11-18/h12-13,15-16,18,22,36H,10-11,14,17H2,1-9H3,(H2,32,33,34,35,37,38). The quantitative estimate of drug-likeness (QED) is 0.299. The summed E-state index contributed by atoms with van der Waals surface area (Å²) in [4.78, 5) is 34.6. The third-order valence-corrected chi connectivity index (χ3v) is 6.70. The third-order valence-electron chi connectivity index (χ3n) is 6.70. The number of aliphatic hydroxyl groups excluding tert-OH is 1. The number of aliphatic hydroxyl groups is 1. The number of amides is 2. The topological polar surface area (TPSA) is 141 Å². The van der Waals surface area contributed by atoms with Gasteiger partial charge in [0, 0.05) is 41.7 Å². The van der Waals surface area contributed by atoms with Gasteiger partial charge < -0.3 is 29.4 Å². The number of nitrogens with one attached hydrogen (secondary N) is 2. The highest BCUT2D eigenvalue weighted by atomic mass is 16.7. The molecule has 11 nitrogen and oxygen atoms in total. The molecule has 2 amide bonds. The molecule has 2 aromatic rings. The summed E-state index contributed by atoms with van der Waals surface area (Å²) in [6.45, 7) is 10.7. The highest BCUT2D eigenvalue weighted by Crippen LogP contribution is 2.44. The van der Waals surface area contributed by atoms with Crippen LogP contribution in [0.25, 0.3) is 6.08 Å². The van der Waals surface area contributed by atoms with E-state index in [1.807, 2.05) is 6.07 Å². The summed E-state index contributed by atoms with van der Waals surface area (Å²) in [5, 5.41) is 16.2. The van der Waals surface area contributed by atoms with Crippen molar-refractivity contribution in [2.45, 2.75) is 66.9 Å². The van der Waals surface area contributed by atoms with Crippen LogP contribution in [0.1, 0.15) is 71.1 Å². The van der Waals surface area contributed by atoms with Crippen molar-refractivity contribution in [2.24, 2.45) is 16.7 Å². The van der Waals surface area contributed by atoms with E-state index >= 15 is 0 Å². The van der Waals surface area contributed by atoms with Crippen molar-refractivity contribution >= 4 is 29.7 Å². The van der Waals surface area contributed by atoms with Crippen LogP contribution < -0.4 is 24.8 Å². The van der Waals surface area contributed by atoms with Gasteiger partial charge >= 0.3 is 0 Å². The average molecular weight is 585 g/mol. The van der Waals surface area contributed by atoms with Gasteiger partial charge in [-0.15, -0.1) is 0 Å². The summed E-state index contributed by atoms with van der Waals surface area (Å²) in [5.74, 6) is 1.23. The Morgan fingerprint density at radius 3 is 2.19 bits per heavy atom. The minimum Gasteiger partial charge on any atom is -0.493 e. The number of rotatable bonds is 12. The van der Waals surface area contributed by atoms with Gasteiger partial charge in [0.2, 0.25) is 23.5 Å². The van der Waals surface area contributed by atoms with Crippen LogP contribution in [-0.2, 0) is 20.7 Å². The summed E-state index contributed by atoms with van der Waals surface area (Å²) in [6.07, 6.45) is 6.71. The van der Waals surface area contributed by atoms with Crippen molar-refractivity contribution in [3.63, 3.8) is 0 Å². The maximum atomic E-state index is 13.0. The predicted octanol–water partition coefficient (Wildman–Crippen LogP) is 4.82. The molecule has 1 aliphatic rings. The number of carbonyl (C=O) groups is 2. The summed E-state index contributed by atoms with van der Waals surface area (Å²) in [5.41, 5.74) is 0.598. The number of methoxy groups -OCH3 is 3. The lowest BCUT2D eigenvalue weighted by Gasteiger charge is -2.22. The van der Waals surface area contributed by atoms with E-state index in [1.165, 1.54) is 21.3 Å². The van der Waals surface area contributed by atoms with E-state index in [2.05, 4.69) is 20.6 Å². The number of nitrogens with zero attached hydrogens (tertiary/aromatic N) is 2. The van der Waals surface area contributed by atoms with Crippen LogP contribution in [0.15, 0.2) is 18.3 Å². The van der Waals surface area contributed by atoms with Crippen LogP contribution in [0.5, 0.6) is 17.2 Å². The number of anilines is 2. The lowest BCUT2D eigenvalue weighted by Crippen LogP contribution is -2.30. The number of ether oxygens (including phenoxy) is 4. The Hall–Kier alpha value is -3.70. The first-order chi connectivity index (χ1) is 19.7. The Morgan fingerprint density at radius 1 is 1.00 bits per heavy atom. The Balaban J connectivity index is 2.15. The van der Waals surface area contributed by atoms with E-state index in [-0.39, 0.29) is 42.7 Å². The molecule has 1 unspecified atom stereocenters. The van der Waals surface area contributed by atoms with Crippen LogP contribution in [0, 0.1) is 16.7 Å². The zero-order chi connectivity index (χ0) is 31.2. The molecule has 1 heterocycles. The fourth-order valence-electron chi connectivity index (χ4n) is 3.90. The van der Waals surface area contributed by atoms with E-state index in [0.29, 0.717) is 28.4 Å². The highest BCUT2D eigenvalue weighted by molar-refractivity contribution is 5.95. The molecule has 1 saturated carbocycles. The molecule has 3 rings (SSSR count). The van der Waals surface area contributed by atoms with Gasteiger partial charge in [0.1, 0.15) is 5.82 Å². The predicted molar refractivity (Wildman–Crippen MR) is 161 cm³/mol. The zero-order valence-electron chi connectivity index (χ0n) is 26.1. The first-order valence-corrected chi connectivity index (χ1v) is 13.9. The molecule has 0 bridgehead atoms. The second kappa shape index (κ2) is 13.5. The van der Waals surface area contributed by atoms with E-state index in [1.54, 1.807) is 59.9 Å². The normalized spacial score (nSPS) is 14.4. The van der Waals surface area contributed by atoms with Gasteiger partial charge in [0.25, 0.3) is 0 Å². The summed E-state index contributed by atoms with van der Waals surface area (Å²) < 4.78 is 22.4. The van der Waals surface area contributed by atoms with Crippen LogP contribution in [0.3, 0.4) is 0 Å². The maximum absolute atomic E-state index is 13.0. The molecule has 1 aliphatic carbocycles. The summed E-state index contributed by atoms with van der Waals surface area (Å²) in [7, 11) is 4.56. The van der Waals surface area contributed by atoms with Crippen molar-refractivity contribution in [3.8, 4) is 17.2 Å². The smallest absolute Gasteiger partial charge is 0.232 e. The van der Waals surface area contributed by atoms with Gasteiger partial charge in [-0.2, -0.15) is 4.98 Å². The fourth-order valence-corrected chi connectivity index (χ4v) is 3.90. The second-order valence-corrected chi connectivity index (χ2v) is 12.4. The number of hydrogen-bond donors (Lipinski definition) is 3. The highest BCUT2D eigenvalue weighted by Gasteiger charge is 2.29. The first-order valence-electron chi connectivity index (χ1n) is 13.9. The Morgan fingerprint density at radius 2 is 1.64 bits per heavy atom. The van der Waals surface area contributed by atoms with Crippen molar-refractivity contribution < 1.29 is 33.6 Å². The Bertz CT molecular complexity index is 1310.